The first-order valence-corrected chi connectivity index (χ1v) is 8.97. The summed E-state index contributed by atoms with van der Waals surface area (Å²) in [5.74, 6) is -0.349. The molecule has 0 radical (unpaired) electrons. The molecule has 0 bridgehead atoms. The number of anilines is 2. The van der Waals surface area contributed by atoms with Gasteiger partial charge >= 0.3 is 6.09 Å². The normalized spacial score (nSPS) is 20.6. The Morgan fingerprint density at radius 3 is 2.84 bits per heavy atom. The second-order valence-electron chi connectivity index (χ2n) is 5.87. The molecule has 0 saturated carbocycles. The number of thiocarbonyl (C=S) groups is 1. The average molecular weight is 385 g/mol. The van der Waals surface area contributed by atoms with Crippen LogP contribution in [0.25, 0.3) is 0 Å². The van der Waals surface area contributed by atoms with Crippen LogP contribution in [0, 0.1) is 5.82 Å². The van der Waals surface area contributed by atoms with Gasteiger partial charge in [-0.15, -0.1) is 12.6 Å². The van der Waals surface area contributed by atoms with Gasteiger partial charge in [-0.25, -0.2) is 9.18 Å². The largest absolute Gasteiger partial charge is 0.444 e. The number of carbonyl (C=O) groups excluding carboxylic acids is 1. The Morgan fingerprint density at radius 2 is 2.16 bits per heavy atom. The minimum Gasteiger partial charge on any atom is -0.444 e. The van der Waals surface area contributed by atoms with Crippen LogP contribution in [0.2, 0.25) is 0 Å². The van der Waals surface area contributed by atoms with Crippen LogP contribution in [0.4, 0.5) is 20.6 Å². The zero-order valence-corrected chi connectivity index (χ0v) is 15.3. The van der Waals surface area contributed by atoms with E-state index in [0.29, 0.717) is 61.5 Å². The number of carbonyl (C=O) groups is 1. The molecule has 9 heteroatoms. The second-order valence-corrected chi connectivity index (χ2v) is 7.03. The summed E-state index contributed by atoms with van der Waals surface area (Å²) in [6.45, 7) is 3.44. The zero-order chi connectivity index (χ0) is 17.8. The average Bonchev–Trinajstić information content (AvgIpc) is 2.96. The third kappa shape index (κ3) is 4.53. The Morgan fingerprint density at radius 1 is 1.40 bits per heavy atom. The van der Waals surface area contributed by atoms with Gasteiger partial charge in [0.2, 0.25) is 0 Å². The quantitative estimate of drug-likeness (QED) is 0.599. The molecule has 6 nitrogen and oxygen atoms in total. The summed E-state index contributed by atoms with van der Waals surface area (Å²) in [4.78, 5) is 15.5. The van der Waals surface area contributed by atoms with Crippen molar-refractivity contribution < 1.29 is 18.7 Å². The number of rotatable bonds is 5. The molecule has 3 rings (SSSR count). The number of thiol groups is 1. The summed E-state index contributed by atoms with van der Waals surface area (Å²) in [6, 6.07) is 4.84. The minimum absolute atomic E-state index is 0.260. The summed E-state index contributed by atoms with van der Waals surface area (Å²) >= 11 is 8.80. The highest BCUT2D eigenvalue weighted by Gasteiger charge is 2.32. The topological polar surface area (TPSA) is 54.0 Å². The smallest absolute Gasteiger partial charge is 0.414 e. The van der Waals surface area contributed by atoms with Gasteiger partial charge in [0, 0.05) is 26.1 Å². The van der Waals surface area contributed by atoms with Crippen LogP contribution >= 0.6 is 24.8 Å². The summed E-state index contributed by atoms with van der Waals surface area (Å²) in [5.41, 5.74) is 1.03. The van der Waals surface area contributed by atoms with Crippen molar-refractivity contribution in [3.8, 4) is 0 Å². The molecular weight excluding hydrogens is 365 g/mol. The Labute approximate surface area is 156 Å². The van der Waals surface area contributed by atoms with Gasteiger partial charge in [-0.1, -0.05) is 12.2 Å². The highest BCUT2D eigenvalue weighted by molar-refractivity contribution is 8.11. The van der Waals surface area contributed by atoms with E-state index < -0.39 is 6.09 Å². The number of hydrogen-bond acceptors (Lipinski definition) is 5. The number of morpholine rings is 1. The molecule has 1 N–H and O–H groups in total. The predicted octanol–water partition coefficient (Wildman–Crippen LogP) is 2.18. The molecule has 1 atom stereocenters. The molecule has 2 heterocycles. The van der Waals surface area contributed by atoms with Crippen LogP contribution in [-0.2, 0) is 9.47 Å². The molecule has 25 heavy (non-hydrogen) atoms. The second kappa shape index (κ2) is 8.20. The SMILES string of the molecule is O=C1O[C@@H](CCNC(=S)S)CN1c1ccc(N2CCOCC2)c(F)c1. The lowest BCUT2D eigenvalue weighted by atomic mass is 10.2. The number of nitrogens with one attached hydrogen (secondary N) is 1. The highest BCUT2D eigenvalue weighted by Crippen LogP contribution is 2.28. The van der Waals surface area contributed by atoms with Gasteiger partial charge in [0.1, 0.15) is 16.2 Å². The van der Waals surface area contributed by atoms with Crippen molar-refractivity contribution in [3.63, 3.8) is 0 Å². The van der Waals surface area contributed by atoms with E-state index >= 15 is 0 Å². The van der Waals surface area contributed by atoms with E-state index in [-0.39, 0.29) is 11.9 Å². The fourth-order valence-electron chi connectivity index (χ4n) is 2.95. The van der Waals surface area contributed by atoms with Crippen molar-refractivity contribution in [2.75, 3.05) is 49.2 Å². The van der Waals surface area contributed by atoms with E-state index in [9.17, 15) is 9.18 Å². The van der Waals surface area contributed by atoms with Crippen molar-refractivity contribution in [1.29, 1.82) is 0 Å². The number of benzene rings is 1. The number of hydrogen-bond donors (Lipinski definition) is 2. The molecular formula is C16H20FN3O3S2. The lowest BCUT2D eigenvalue weighted by Gasteiger charge is -2.29. The first-order valence-electron chi connectivity index (χ1n) is 8.12. The van der Waals surface area contributed by atoms with Crippen molar-refractivity contribution in [2.24, 2.45) is 0 Å². The van der Waals surface area contributed by atoms with Crippen LogP contribution in [-0.4, -0.2) is 55.9 Å². The maximum atomic E-state index is 14.5. The number of amides is 1. The highest BCUT2D eigenvalue weighted by atomic mass is 32.1. The Kier molecular flexibility index (Phi) is 5.98. The zero-order valence-electron chi connectivity index (χ0n) is 13.6. The summed E-state index contributed by atoms with van der Waals surface area (Å²) < 4.78 is 25.5. The molecule has 2 aliphatic rings. The van der Waals surface area contributed by atoms with E-state index in [1.54, 1.807) is 12.1 Å². The molecule has 0 aromatic heterocycles. The standard InChI is InChI=1S/C16H20FN3O3S2/c17-13-9-11(1-2-14(13)19-5-7-22-8-6-19)20-10-12(23-16(20)21)3-4-18-15(24)25/h1-2,9,12H,3-8,10H2,(H2,18,24,25)/t12-/m0/s1. The summed E-state index contributed by atoms with van der Waals surface area (Å²) in [6.07, 6.45) is -0.112. The number of halogens is 1. The number of nitrogens with zero attached hydrogens (tertiary/aromatic N) is 2. The van der Waals surface area contributed by atoms with Gasteiger partial charge in [0.15, 0.2) is 0 Å². The molecule has 0 unspecified atom stereocenters. The minimum atomic E-state index is -0.461. The molecule has 1 amide bonds. The molecule has 2 saturated heterocycles. The van der Waals surface area contributed by atoms with Crippen LogP contribution < -0.4 is 15.1 Å². The van der Waals surface area contributed by atoms with Gasteiger partial charge in [-0.3, -0.25) is 4.90 Å². The van der Waals surface area contributed by atoms with Gasteiger partial charge < -0.3 is 19.7 Å². The van der Waals surface area contributed by atoms with Crippen molar-refractivity contribution in [1.82, 2.24) is 5.32 Å². The number of cyclic esters (lactones) is 1. The van der Waals surface area contributed by atoms with Gasteiger partial charge in [-0.05, 0) is 18.2 Å². The number of ether oxygens (including phenoxy) is 2. The Hall–Kier alpha value is -1.58. The predicted molar refractivity (Wildman–Crippen MR) is 101 cm³/mol. The molecule has 2 aliphatic heterocycles. The van der Waals surface area contributed by atoms with Crippen LogP contribution in [0.5, 0.6) is 0 Å². The third-order valence-corrected chi connectivity index (χ3v) is 4.51. The van der Waals surface area contributed by atoms with Crippen molar-refractivity contribution >= 4 is 46.6 Å². The van der Waals surface area contributed by atoms with Crippen molar-refractivity contribution in [3.05, 3.63) is 24.0 Å². The molecule has 2 fully saturated rings. The monoisotopic (exact) mass is 385 g/mol. The van der Waals surface area contributed by atoms with Crippen LogP contribution in [0.1, 0.15) is 6.42 Å². The molecule has 136 valence electrons. The van der Waals surface area contributed by atoms with E-state index in [4.69, 9.17) is 21.7 Å². The van der Waals surface area contributed by atoms with Gasteiger partial charge in [-0.2, -0.15) is 0 Å². The first kappa shape index (κ1) is 18.2. The van der Waals surface area contributed by atoms with E-state index in [1.165, 1.54) is 11.0 Å². The van der Waals surface area contributed by atoms with E-state index in [2.05, 4.69) is 17.9 Å². The van der Waals surface area contributed by atoms with Gasteiger partial charge in [0.05, 0.1) is 31.1 Å². The maximum Gasteiger partial charge on any atom is 0.414 e. The van der Waals surface area contributed by atoms with E-state index in [0.717, 1.165) is 0 Å². The third-order valence-electron chi connectivity index (χ3n) is 4.21. The Balaban J connectivity index is 1.64. The molecule has 0 spiro atoms. The lowest BCUT2D eigenvalue weighted by molar-refractivity contribution is 0.122. The molecule has 0 aliphatic carbocycles. The molecule has 1 aromatic rings. The fourth-order valence-corrected chi connectivity index (χ4v) is 3.16. The summed E-state index contributed by atoms with van der Waals surface area (Å²) in [5, 5.41) is 2.90. The van der Waals surface area contributed by atoms with Crippen LogP contribution in [0.15, 0.2) is 18.2 Å². The fraction of sp³-hybridized carbons (Fsp3) is 0.500. The van der Waals surface area contributed by atoms with Crippen LogP contribution in [0.3, 0.4) is 0 Å². The molecule has 1 aromatic carbocycles. The van der Waals surface area contributed by atoms with Gasteiger partial charge in [0.25, 0.3) is 0 Å². The Bertz CT molecular complexity index is 656. The summed E-state index contributed by atoms with van der Waals surface area (Å²) in [7, 11) is 0. The van der Waals surface area contributed by atoms with E-state index in [1.807, 2.05) is 4.90 Å². The maximum absolute atomic E-state index is 14.5. The first-order chi connectivity index (χ1) is 12.0. The lowest BCUT2D eigenvalue weighted by Crippen LogP contribution is -2.36. The van der Waals surface area contributed by atoms with Crippen molar-refractivity contribution in [2.45, 2.75) is 12.5 Å².